The first kappa shape index (κ1) is 10.6. The van der Waals surface area contributed by atoms with Crippen LogP contribution in [-0.4, -0.2) is 10.2 Å². The van der Waals surface area contributed by atoms with Crippen LogP contribution in [0.15, 0.2) is 30.3 Å². The lowest BCUT2D eigenvalue weighted by molar-refractivity contribution is 0.311. The van der Waals surface area contributed by atoms with Crippen LogP contribution in [0.4, 0.5) is 0 Å². The van der Waals surface area contributed by atoms with Crippen molar-refractivity contribution < 1.29 is 0 Å². The largest absolute Gasteiger partial charge is 0.273 e. The first-order valence-corrected chi connectivity index (χ1v) is 6.20. The Morgan fingerprint density at radius 1 is 0.857 bits per heavy atom. The molecule has 0 bridgehead atoms. The zero-order valence-electron chi connectivity index (χ0n) is 7.37. The molecular weight excluding hydrogens is 310 g/mol. The SMILES string of the molecule is BrC1NC(Br)NC(c2ccccc2)N1. The van der Waals surface area contributed by atoms with Gasteiger partial charge in [0.2, 0.25) is 0 Å². The molecule has 3 N–H and O–H groups in total. The maximum absolute atomic E-state index is 3.47. The highest BCUT2D eigenvalue weighted by molar-refractivity contribution is 9.10. The van der Waals surface area contributed by atoms with E-state index >= 15 is 0 Å². The summed E-state index contributed by atoms with van der Waals surface area (Å²) in [5, 5.41) is 10.1. The summed E-state index contributed by atoms with van der Waals surface area (Å²) >= 11 is 6.95. The molecule has 76 valence electrons. The number of hydrogen-bond donors (Lipinski definition) is 3. The summed E-state index contributed by atoms with van der Waals surface area (Å²) in [6, 6.07) is 10.3. The summed E-state index contributed by atoms with van der Waals surface area (Å²) < 4.78 is 0. The molecule has 3 nitrogen and oxygen atoms in total. The maximum Gasteiger partial charge on any atom is 0.118 e. The molecule has 1 fully saturated rings. The van der Waals surface area contributed by atoms with Crippen molar-refractivity contribution in [2.45, 2.75) is 16.3 Å². The third-order valence-corrected chi connectivity index (χ3v) is 3.11. The van der Waals surface area contributed by atoms with Crippen molar-refractivity contribution in [1.82, 2.24) is 16.0 Å². The van der Waals surface area contributed by atoms with Crippen molar-refractivity contribution in [3.05, 3.63) is 35.9 Å². The fraction of sp³-hybridized carbons (Fsp3) is 0.333. The van der Waals surface area contributed by atoms with E-state index in [1.54, 1.807) is 0 Å². The third kappa shape index (κ3) is 2.55. The second-order valence-corrected chi connectivity index (χ2v) is 4.90. The third-order valence-electron chi connectivity index (χ3n) is 2.05. The van der Waals surface area contributed by atoms with Gasteiger partial charge in [0, 0.05) is 0 Å². The van der Waals surface area contributed by atoms with Gasteiger partial charge < -0.3 is 0 Å². The zero-order chi connectivity index (χ0) is 9.97. The number of nitrogens with one attached hydrogen (secondary N) is 3. The van der Waals surface area contributed by atoms with E-state index in [2.05, 4.69) is 59.9 Å². The first-order valence-electron chi connectivity index (χ1n) is 4.37. The first-order chi connectivity index (χ1) is 6.75. The minimum absolute atomic E-state index is 0.110. The minimum Gasteiger partial charge on any atom is -0.273 e. The molecule has 2 atom stereocenters. The van der Waals surface area contributed by atoms with Gasteiger partial charge in [-0.2, -0.15) is 0 Å². The highest BCUT2D eigenvalue weighted by Crippen LogP contribution is 2.16. The lowest BCUT2D eigenvalue weighted by Crippen LogP contribution is -2.58. The molecule has 1 saturated heterocycles. The Morgan fingerprint density at radius 2 is 1.43 bits per heavy atom. The van der Waals surface area contributed by atoms with Crippen molar-refractivity contribution in [1.29, 1.82) is 0 Å². The van der Waals surface area contributed by atoms with Crippen molar-refractivity contribution in [2.75, 3.05) is 0 Å². The molecular formula is C9H11Br2N3. The van der Waals surface area contributed by atoms with Gasteiger partial charge in [0.15, 0.2) is 0 Å². The summed E-state index contributed by atoms with van der Waals surface area (Å²) in [6.07, 6.45) is 0.159. The van der Waals surface area contributed by atoms with Crippen LogP contribution in [0.25, 0.3) is 0 Å². The van der Waals surface area contributed by atoms with Crippen molar-refractivity contribution in [3.8, 4) is 0 Å². The van der Waals surface area contributed by atoms with Gasteiger partial charge in [0.05, 0.1) is 6.17 Å². The number of alkyl halides is 2. The fourth-order valence-electron chi connectivity index (χ4n) is 1.40. The van der Waals surface area contributed by atoms with Gasteiger partial charge in [-0.25, -0.2) is 0 Å². The molecule has 5 heteroatoms. The normalized spacial score (nSPS) is 32.9. The molecule has 0 aliphatic carbocycles. The second kappa shape index (κ2) is 4.72. The van der Waals surface area contributed by atoms with E-state index in [1.165, 1.54) is 5.56 Å². The van der Waals surface area contributed by atoms with Gasteiger partial charge in [0.25, 0.3) is 0 Å². The van der Waals surface area contributed by atoms with Gasteiger partial charge in [-0.15, -0.1) is 0 Å². The molecule has 1 aromatic rings. The zero-order valence-corrected chi connectivity index (χ0v) is 10.5. The Balaban J connectivity index is 2.11. The number of rotatable bonds is 1. The van der Waals surface area contributed by atoms with Gasteiger partial charge in [0.1, 0.15) is 10.2 Å². The Kier molecular flexibility index (Phi) is 3.57. The quantitative estimate of drug-likeness (QED) is 0.546. The molecule has 0 amide bonds. The molecule has 2 unspecified atom stereocenters. The molecule has 2 rings (SSSR count). The lowest BCUT2D eigenvalue weighted by atomic mass is 10.2. The van der Waals surface area contributed by atoms with Crippen LogP contribution >= 0.6 is 31.9 Å². The Labute approximate surface area is 99.9 Å². The van der Waals surface area contributed by atoms with Crippen LogP contribution in [0.5, 0.6) is 0 Å². The highest BCUT2D eigenvalue weighted by atomic mass is 79.9. The predicted octanol–water partition coefficient (Wildman–Crippen LogP) is 1.82. The molecule has 0 aromatic heterocycles. The Hall–Kier alpha value is 0.0600. The summed E-state index contributed by atoms with van der Waals surface area (Å²) in [6.45, 7) is 0. The van der Waals surface area contributed by atoms with Crippen molar-refractivity contribution >= 4 is 31.9 Å². The van der Waals surface area contributed by atoms with E-state index in [1.807, 2.05) is 18.2 Å². The number of hydrogen-bond acceptors (Lipinski definition) is 3. The van der Waals surface area contributed by atoms with Crippen LogP contribution in [0.1, 0.15) is 11.7 Å². The molecule has 1 aromatic carbocycles. The average Bonchev–Trinajstić information content (AvgIpc) is 2.18. The van der Waals surface area contributed by atoms with Crippen LogP contribution in [0.3, 0.4) is 0 Å². The van der Waals surface area contributed by atoms with Gasteiger partial charge in [-0.05, 0) is 5.56 Å². The second-order valence-electron chi connectivity index (χ2n) is 3.07. The predicted molar refractivity (Wildman–Crippen MR) is 64.0 cm³/mol. The maximum atomic E-state index is 3.47. The standard InChI is InChI=1S/C9H11Br2N3/c10-8-12-7(13-9(11)14-8)6-4-2-1-3-5-6/h1-5,7-9,12-14H. The molecule has 1 aliphatic heterocycles. The monoisotopic (exact) mass is 319 g/mol. The molecule has 1 heterocycles. The number of halogens is 2. The Bertz CT molecular complexity index is 283. The highest BCUT2D eigenvalue weighted by Gasteiger charge is 2.23. The minimum atomic E-state index is 0.110. The van der Waals surface area contributed by atoms with Gasteiger partial charge in [-0.3, -0.25) is 16.0 Å². The topological polar surface area (TPSA) is 36.1 Å². The van der Waals surface area contributed by atoms with E-state index in [4.69, 9.17) is 0 Å². The van der Waals surface area contributed by atoms with Crippen molar-refractivity contribution in [2.24, 2.45) is 0 Å². The smallest absolute Gasteiger partial charge is 0.118 e. The molecule has 14 heavy (non-hydrogen) atoms. The van der Waals surface area contributed by atoms with Crippen LogP contribution in [0, 0.1) is 0 Å². The Morgan fingerprint density at radius 3 is 2.00 bits per heavy atom. The molecule has 0 radical (unpaired) electrons. The van der Waals surface area contributed by atoms with E-state index in [0.29, 0.717) is 0 Å². The summed E-state index contributed by atoms with van der Waals surface area (Å²) in [7, 11) is 0. The fourth-order valence-corrected chi connectivity index (χ4v) is 2.82. The van der Waals surface area contributed by atoms with Crippen LogP contribution in [0.2, 0.25) is 0 Å². The van der Waals surface area contributed by atoms with Crippen molar-refractivity contribution in [3.63, 3.8) is 0 Å². The van der Waals surface area contributed by atoms with E-state index in [0.717, 1.165) is 0 Å². The van der Waals surface area contributed by atoms with E-state index < -0.39 is 0 Å². The molecule has 0 spiro atoms. The van der Waals surface area contributed by atoms with E-state index in [9.17, 15) is 0 Å². The lowest BCUT2D eigenvalue weighted by Gasteiger charge is -2.33. The van der Waals surface area contributed by atoms with Crippen LogP contribution < -0.4 is 16.0 Å². The summed E-state index contributed by atoms with van der Waals surface area (Å²) in [4.78, 5) is 0. The van der Waals surface area contributed by atoms with Crippen LogP contribution in [-0.2, 0) is 0 Å². The van der Waals surface area contributed by atoms with E-state index in [-0.39, 0.29) is 16.3 Å². The summed E-state index contributed by atoms with van der Waals surface area (Å²) in [5.41, 5.74) is 1.22. The molecule has 0 saturated carbocycles. The van der Waals surface area contributed by atoms with Gasteiger partial charge >= 0.3 is 0 Å². The summed E-state index contributed by atoms with van der Waals surface area (Å²) in [5.74, 6) is 0. The molecule has 1 aliphatic rings. The number of benzene rings is 1. The van der Waals surface area contributed by atoms with Gasteiger partial charge in [-0.1, -0.05) is 62.2 Å². The average molecular weight is 321 g/mol.